The highest BCUT2D eigenvalue weighted by molar-refractivity contribution is 5.95. The van der Waals surface area contributed by atoms with Gasteiger partial charge in [0.1, 0.15) is 18.1 Å². The van der Waals surface area contributed by atoms with Gasteiger partial charge < -0.3 is 19.5 Å². The molecule has 1 aliphatic rings. The summed E-state index contributed by atoms with van der Waals surface area (Å²) in [6.45, 7) is 5.82. The number of aromatic carboxylic acids is 1. The maximum Gasteiger partial charge on any atom is 0.335 e. The topological polar surface area (TPSA) is 76.1 Å². The molecule has 1 fully saturated rings. The summed E-state index contributed by atoms with van der Waals surface area (Å²) in [6, 6.07) is 22.3. The monoisotopic (exact) mass is 459 g/mol. The summed E-state index contributed by atoms with van der Waals surface area (Å²) < 4.78 is 11.7. The lowest BCUT2D eigenvalue weighted by molar-refractivity contribution is -0.117. The van der Waals surface area contributed by atoms with Gasteiger partial charge in [-0.05, 0) is 65.6 Å². The van der Waals surface area contributed by atoms with Crippen LogP contribution in [0.25, 0.3) is 0 Å². The summed E-state index contributed by atoms with van der Waals surface area (Å²) in [5, 5.41) is 8.98. The number of benzene rings is 3. The van der Waals surface area contributed by atoms with E-state index in [9.17, 15) is 9.59 Å². The summed E-state index contributed by atoms with van der Waals surface area (Å²) in [4.78, 5) is 25.3. The van der Waals surface area contributed by atoms with Gasteiger partial charge in [0.25, 0.3) is 0 Å². The Morgan fingerprint density at radius 2 is 1.56 bits per heavy atom. The fourth-order valence-electron chi connectivity index (χ4n) is 3.94. The van der Waals surface area contributed by atoms with Gasteiger partial charge in [0, 0.05) is 24.6 Å². The van der Waals surface area contributed by atoms with Gasteiger partial charge in [-0.15, -0.1) is 0 Å². The summed E-state index contributed by atoms with van der Waals surface area (Å²) in [7, 11) is 0. The SMILES string of the molecule is CC(C)c1ccc(COc2ccc(N3CC(COc4ccc(C(=O)O)cc4)CC3=O)cc2)cc1. The maximum absolute atomic E-state index is 12.6. The van der Waals surface area contributed by atoms with Crippen LogP contribution in [0.3, 0.4) is 0 Å². The molecule has 1 saturated heterocycles. The molecule has 0 saturated carbocycles. The number of hydrogen-bond donors (Lipinski definition) is 1. The van der Waals surface area contributed by atoms with E-state index in [-0.39, 0.29) is 17.4 Å². The molecule has 0 aliphatic carbocycles. The second kappa shape index (κ2) is 10.4. The molecule has 1 aliphatic heterocycles. The molecule has 6 heteroatoms. The molecular formula is C28H29NO5. The molecule has 4 rings (SSSR count). The first-order chi connectivity index (χ1) is 16.4. The average Bonchev–Trinajstić information content (AvgIpc) is 3.22. The van der Waals surface area contributed by atoms with Gasteiger partial charge in [0.2, 0.25) is 5.91 Å². The summed E-state index contributed by atoms with van der Waals surface area (Å²) in [6.07, 6.45) is 0.415. The second-order valence-electron chi connectivity index (χ2n) is 8.89. The quantitative estimate of drug-likeness (QED) is 0.456. The number of nitrogens with zero attached hydrogens (tertiary/aromatic N) is 1. The first-order valence-corrected chi connectivity index (χ1v) is 11.5. The van der Waals surface area contributed by atoms with Crippen LogP contribution in [0.1, 0.15) is 47.7 Å². The third kappa shape index (κ3) is 5.76. The summed E-state index contributed by atoms with van der Waals surface area (Å²) >= 11 is 0. The van der Waals surface area contributed by atoms with E-state index in [0.717, 1.165) is 17.0 Å². The van der Waals surface area contributed by atoms with Crippen molar-refractivity contribution in [2.24, 2.45) is 5.92 Å². The lowest BCUT2D eigenvalue weighted by Crippen LogP contribution is -2.25. The predicted octanol–water partition coefficient (Wildman–Crippen LogP) is 5.52. The molecule has 34 heavy (non-hydrogen) atoms. The molecule has 1 heterocycles. The van der Waals surface area contributed by atoms with E-state index in [1.807, 2.05) is 24.3 Å². The standard InChI is InChI=1S/C28H29NO5/c1-19(2)22-5-3-20(4-6-22)17-33-26-13-9-24(10-14-26)29-16-21(15-27(29)30)18-34-25-11-7-23(8-12-25)28(31)32/h3-14,19,21H,15-18H2,1-2H3,(H,31,32). The largest absolute Gasteiger partial charge is 0.493 e. The molecule has 1 amide bonds. The smallest absolute Gasteiger partial charge is 0.335 e. The van der Waals surface area contributed by atoms with E-state index in [0.29, 0.717) is 37.8 Å². The third-order valence-electron chi connectivity index (χ3n) is 5.99. The normalized spacial score (nSPS) is 15.6. The zero-order valence-electron chi connectivity index (χ0n) is 19.4. The van der Waals surface area contributed by atoms with Crippen LogP contribution in [-0.4, -0.2) is 30.1 Å². The number of carbonyl (C=O) groups is 2. The van der Waals surface area contributed by atoms with Crippen molar-refractivity contribution in [3.05, 3.63) is 89.5 Å². The van der Waals surface area contributed by atoms with E-state index in [1.54, 1.807) is 17.0 Å². The molecule has 0 radical (unpaired) electrons. The Labute approximate surface area is 199 Å². The van der Waals surface area contributed by atoms with E-state index in [1.165, 1.54) is 17.7 Å². The zero-order chi connectivity index (χ0) is 24.1. The number of amides is 1. The van der Waals surface area contributed by atoms with Crippen LogP contribution in [-0.2, 0) is 11.4 Å². The minimum absolute atomic E-state index is 0.0636. The Balaban J connectivity index is 1.28. The molecule has 3 aromatic carbocycles. The Morgan fingerprint density at radius 1 is 0.941 bits per heavy atom. The highest BCUT2D eigenvalue weighted by Gasteiger charge is 2.31. The predicted molar refractivity (Wildman–Crippen MR) is 131 cm³/mol. The Morgan fingerprint density at radius 3 is 2.18 bits per heavy atom. The van der Waals surface area contributed by atoms with Crippen molar-refractivity contribution >= 4 is 17.6 Å². The number of carboxylic acid groups (broad SMARTS) is 1. The van der Waals surface area contributed by atoms with Gasteiger partial charge in [-0.2, -0.15) is 0 Å². The van der Waals surface area contributed by atoms with Crippen molar-refractivity contribution < 1.29 is 24.2 Å². The van der Waals surface area contributed by atoms with E-state index >= 15 is 0 Å². The fourth-order valence-corrected chi connectivity index (χ4v) is 3.94. The molecule has 1 N–H and O–H groups in total. The van der Waals surface area contributed by atoms with E-state index in [4.69, 9.17) is 14.6 Å². The minimum atomic E-state index is -0.972. The lowest BCUT2D eigenvalue weighted by atomic mass is 10.0. The Hall–Kier alpha value is -3.80. The van der Waals surface area contributed by atoms with Crippen molar-refractivity contribution in [3.63, 3.8) is 0 Å². The number of anilines is 1. The molecule has 6 nitrogen and oxygen atoms in total. The molecule has 0 bridgehead atoms. The van der Waals surface area contributed by atoms with Crippen LogP contribution >= 0.6 is 0 Å². The fraction of sp³-hybridized carbons (Fsp3) is 0.286. The Kier molecular flexibility index (Phi) is 7.16. The molecule has 0 aromatic heterocycles. The van der Waals surface area contributed by atoms with Gasteiger partial charge in [0.15, 0.2) is 0 Å². The van der Waals surface area contributed by atoms with E-state index in [2.05, 4.69) is 38.1 Å². The molecule has 176 valence electrons. The zero-order valence-corrected chi connectivity index (χ0v) is 19.4. The first kappa shape index (κ1) is 23.4. The van der Waals surface area contributed by atoms with Crippen molar-refractivity contribution in [2.75, 3.05) is 18.1 Å². The van der Waals surface area contributed by atoms with Gasteiger partial charge in [0.05, 0.1) is 12.2 Å². The minimum Gasteiger partial charge on any atom is -0.493 e. The van der Waals surface area contributed by atoms with E-state index < -0.39 is 5.97 Å². The molecule has 0 spiro atoms. The van der Waals surface area contributed by atoms with Crippen molar-refractivity contribution in [1.82, 2.24) is 0 Å². The molecule has 1 atom stereocenters. The lowest BCUT2D eigenvalue weighted by Gasteiger charge is -2.18. The van der Waals surface area contributed by atoms with Gasteiger partial charge in [-0.1, -0.05) is 38.1 Å². The first-order valence-electron chi connectivity index (χ1n) is 11.5. The molecule has 3 aromatic rings. The van der Waals surface area contributed by atoms with Crippen molar-refractivity contribution in [2.45, 2.75) is 32.8 Å². The number of carbonyl (C=O) groups excluding carboxylic acids is 1. The summed E-state index contributed by atoms with van der Waals surface area (Å²) in [5.41, 5.74) is 3.48. The second-order valence-corrected chi connectivity index (χ2v) is 8.89. The highest BCUT2D eigenvalue weighted by Crippen LogP contribution is 2.28. The third-order valence-corrected chi connectivity index (χ3v) is 5.99. The van der Waals surface area contributed by atoms with Crippen molar-refractivity contribution in [1.29, 1.82) is 0 Å². The van der Waals surface area contributed by atoms with Crippen LogP contribution in [0, 0.1) is 5.92 Å². The van der Waals surface area contributed by atoms with Crippen LogP contribution in [0.4, 0.5) is 5.69 Å². The van der Waals surface area contributed by atoms with Gasteiger partial charge in [-0.3, -0.25) is 4.79 Å². The number of carboxylic acids is 1. The van der Waals surface area contributed by atoms with Gasteiger partial charge >= 0.3 is 5.97 Å². The number of hydrogen-bond acceptors (Lipinski definition) is 4. The van der Waals surface area contributed by atoms with Crippen LogP contribution in [0.5, 0.6) is 11.5 Å². The van der Waals surface area contributed by atoms with Crippen LogP contribution < -0.4 is 14.4 Å². The molecule has 1 unspecified atom stereocenters. The number of ether oxygens (including phenoxy) is 2. The van der Waals surface area contributed by atoms with Crippen LogP contribution in [0.2, 0.25) is 0 Å². The maximum atomic E-state index is 12.6. The van der Waals surface area contributed by atoms with Gasteiger partial charge in [-0.25, -0.2) is 4.79 Å². The highest BCUT2D eigenvalue weighted by atomic mass is 16.5. The number of rotatable bonds is 9. The van der Waals surface area contributed by atoms with Crippen molar-refractivity contribution in [3.8, 4) is 11.5 Å². The average molecular weight is 460 g/mol. The Bertz CT molecular complexity index is 1120. The molecular weight excluding hydrogens is 430 g/mol. The summed E-state index contributed by atoms with van der Waals surface area (Å²) in [5.74, 6) is 1.02. The van der Waals surface area contributed by atoms with Crippen LogP contribution in [0.15, 0.2) is 72.8 Å².